The molecule has 0 atom stereocenters. The van der Waals surface area contributed by atoms with Crippen LogP contribution in [0, 0.1) is 18.6 Å². The zero-order valence-electron chi connectivity index (χ0n) is 15.2. The molecule has 1 aromatic heterocycles. The van der Waals surface area contributed by atoms with Gasteiger partial charge < -0.3 is 10.3 Å². The third-order valence-corrected chi connectivity index (χ3v) is 4.68. The fraction of sp³-hybridized carbons (Fsp3) is 0.250. The van der Waals surface area contributed by atoms with Crippen LogP contribution in [-0.2, 0) is 0 Å². The number of hydrogen-bond acceptors (Lipinski definition) is 3. The van der Waals surface area contributed by atoms with Crippen molar-refractivity contribution in [1.82, 2.24) is 14.9 Å². The Morgan fingerprint density at radius 1 is 1.19 bits per heavy atom. The van der Waals surface area contributed by atoms with E-state index >= 15 is 0 Å². The lowest BCUT2D eigenvalue weighted by atomic mass is 10.1. The number of carbonyl (C=O) groups is 1. The molecule has 26 heavy (non-hydrogen) atoms. The average molecular weight is 367 g/mol. The van der Waals surface area contributed by atoms with Crippen LogP contribution in [0.1, 0.15) is 35.3 Å². The molecule has 0 fully saturated rings. The van der Waals surface area contributed by atoms with Crippen LogP contribution in [0.4, 0.5) is 0 Å². The first kappa shape index (κ1) is 18.1. The van der Waals surface area contributed by atoms with Gasteiger partial charge in [-0.2, -0.15) is 0 Å². The molecule has 6 heteroatoms. The lowest BCUT2D eigenvalue weighted by Gasteiger charge is -2.13. The molecule has 2 N–H and O–H groups in total. The van der Waals surface area contributed by atoms with Crippen LogP contribution in [0.5, 0.6) is 0 Å². The maximum Gasteiger partial charge on any atom is 0.266 e. The number of H-pyrrole nitrogens is 1. The molecule has 2 aromatic carbocycles. The van der Waals surface area contributed by atoms with E-state index in [2.05, 4.69) is 10.3 Å². The third kappa shape index (κ3) is 3.20. The second-order valence-electron chi connectivity index (χ2n) is 6.68. The molecule has 0 aliphatic carbocycles. The van der Waals surface area contributed by atoms with Crippen LogP contribution in [-0.4, -0.2) is 21.5 Å². The van der Waals surface area contributed by atoms with Crippen LogP contribution in [0.15, 0.2) is 41.2 Å². The largest absolute Gasteiger partial charge is 0.350 e. The van der Waals surface area contributed by atoms with Crippen molar-refractivity contribution in [1.29, 1.82) is 0 Å². The summed E-state index contributed by atoms with van der Waals surface area (Å²) in [5.41, 5.74) is 3.69. The van der Waals surface area contributed by atoms with E-state index in [1.54, 1.807) is 18.2 Å². The van der Waals surface area contributed by atoms with Crippen molar-refractivity contribution in [2.45, 2.75) is 33.7 Å². The van der Waals surface area contributed by atoms with Gasteiger partial charge in [0.2, 0.25) is 0 Å². The van der Waals surface area contributed by atoms with E-state index in [1.807, 2.05) is 45.9 Å². The summed E-state index contributed by atoms with van der Waals surface area (Å²) in [4.78, 5) is 28.3. The molecule has 3 aromatic rings. The number of aromatic amines is 1. The summed E-state index contributed by atoms with van der Waals surface area (Å²) < 4.78 is 1.81. The van der Waals surface area contributed by atoms with Crippen LogP contribution in [0.3, 0.4) is 0 Å². The van der Waals surface area contributed by atoms with Crippen molar-refractivity contribution in [3.63, 3.8) is 0 Å². The predicted octanol–water partition coefficient (Wildman–Crippen LogP) is 3.80. The highest BCUT2D eigenvalue weighted by molar-refractivity contribution is 7.71. The van der Waals surface area contributed by atoms with E-state index in [0.717, 1.165) is 16.8 Å². The number of aryl methyl sites for hydroxylation is 1. The number of benzene rings is 2. The molecule has 0 spiro atoms. The van der Waals surface area contributed by atoms with E-state index < -0.39 is 0 Å². The minimum atomic E-state index is -0.201. The maximum absolute atomic E-state index is 13.0. The van der Waals surface area contributed by atoms with Gasteiger partial charge in [0.05, 0.1) is 16.6 Å². The first-order valence-corrected chi connectivity index (χ1v) is 8.87. The topological polar surface area (TPSA) is 66.9 Å². The van der Waals surface area contributed by atoms with Gasteiger partial charge in [-0.3, -0.25) is 14.2 Å². The molecule has 0 unspecified atom stereocenters. The standard InChI is InChI=1S/C20H21N3O2S/c1-11(2)21-18(24)14-8-9-15-16(10-14)22-20(26)23(19(15)25)17-7-5-6-12(3)13(17)4/h5-11H,1-4H3,(H,21,24)(H,22,26). The zero-order valence-corrected chi connectivity index (χ0v) is 16.0. The Morgan fingerprint density at radius 2 is 1.92 bits per heavy atom. The van der Waals surface area contributed by atoms with Gasteiger partial charge in [-0.05, 0) is 75.3 Å². The molecule has 0 saturated heterocycles. The number of fused-ring (bicyclic) bond motifs is 1. The van der Waals surface area contributed by atoms with Gasteiger partial charge in [0.25, 0.3) is 11.5 Å². The van der Waals surface area contributed by atoms with Crippen molar-refractivity contribution in [2.24, 2.45) is 0 Å². The fourth-order valence-electron chi connectivity index (χ4n) is 2.90. The van der Waals surface area contributed by atoms with Crippen molar-refractivity contribution < 1.29 is 4.79 Å². The predicted molar refractivity (Wildman–Crippen MR) is 107 cm³/mol. The van der Waals surface area contributed by atoms with Gasteiger partial charge in [-0.1, -0.05) is 12.1 Å². The van der Waals surface area contributed by atoms with Crippen molar-refractivity contribution in [2.75, 3.05) is 0 Å². The first-order chi connectivity index (χ1) is 12.3. The Bertz CT molecular complexity index is 1130. The summed E-state index contributed by atoms with van der Waals surface area (Å²) in [5.74, 6) is -0.181. The number of nitrogens with one attached hydrogen (secondary N) is 2. The minimum Gasteiger partial charge on any atom is -0.350 e. The quantitative estimate of drug-likeness (QED) is 0.692. The monoisotopic (exact) mass is 367 g/mol. The van der Waals surface area contributed by atoms with Crippen LogP contribution in [0.2, 0.25) is 0 Å². The summed E-state index contributed by atoms with van der Waals surface area (Å²) in [5, 5.41) is 3.33. The van der Waals surface area contributed by atoms with Gasteiger partial charge in [0.15, 0.2) is 4.77 Å². The Hall–Kier alpha value is -2.73. The molecule has 3 rings (SSSR count). The van der Waals surface area contributed by atoms with E-state index in [0.29, 0.717) is 21.2 Å². The number of aromatic nitrogens is 2. The van der Waals surface area contributed by atoms with Gasteiger partial charge in [-0.15, -0.1) is 0 Å². The van der Waals surface area contributed by atoms with E-state index in [4.69, 9.17) is 12.2 Å². The van der Waals surface area contributed by atoms with E-state index in [1.165, 1.54) is 4.57 Å². The summed E-state index contributed by atoms with van der Waals surface area (Å²) >= 11 is 5.44. The molecule has 0 aliphatic heterocycles. The normalized spacial score (nSPS) is 11.1. The van der Waals surface area contributed by atoms with Gasteiger partial charge in [0.1, 0.15) is 0 Å². The van der Waals surface area contributed by atoms with E-state index in [-0.39, 0.29) is 17.5 Å². The molecule has 1 amide bonds. The molecule has 134 valence electrons. The smallest absolute Gasteiger partial charge is 0.266 e. The Morgan fingerprint density at radius 3 is 2.62 bits per heavy atom. The van der Waals surface area contributed by atoms with Crippen LogP contribution < -0.4 is 10.9 Å². The van der Waals surface area contributed by atoms with E-state index in [9.17, 15) is 9.59 Å². The number of carbonyl (C=O) groups excluding carboxylic acids is 1. The number of rotatable bonds is 3. The van der Waals surface area contributed by atoms with Gasteiger partial charge >= 0.3 is 0 Å². The van der Waals surface area contributed by atoms with Crippen molar-refractivity contribution in [3.8, 4) is 5.69 Å². The highest BCUT2D eigenvalue weighted by Crippen LogP contribution is 2.18. The summed E-state index contributed by atoms with van der Waals surface area (Å²) in [6.07, 6.45) is 0. The SMILES string of the molecule is Cc1cccc(-n2c(=S)[nH]c3cc(C(=O)NC(C)C)ccc3c2=O)c1C. The average Bonchev–Trinajstić information content (AvgIpc) is 2.57. The van der Waals surface area contributed by atoms with Gasteiger partial charge in [-0.25, -0.2) is 0 Å². The Balaban J connectivity index is 2.21. The summed E-state index contributed by atoms with van der Waals surface area (Å²) in [6, 6.07) is 10.8. The molecule has 0 radical (unpaired) electrons. The zero-order chi connectivity index (χ0) is 19.0. The fourth-order valence-corrected chi connectivity index (χ4v) is 3.19. The first-order valence-electron chi connectivity index (χ1n) is 8.46. The molecule has 5 nitrogen and oxygen atoms in total. The van der Waals surface area contributed by atoms with Crippen LogP contribution >= 0.6 is 12.2 Å². The molecular weight excluding hydrogens is 346 g/mol. The molecular formula is C20H21N3O2S. The third-order valence-electron chi connectivity index (χ3n) is 4.40. The number of amides is 1. The lowest BCUT2D eigenvalue weighted by Crippen LogP contribution is -2.30. The molecule has 0 aliphatic rings. The Kier molecular flexibility index (Phi) is 4.78. The van der Waals surface area contributed by atoms with Crippen molar-refractivity contribution in [3.05, 3.63) is 68.2 Å². The van der Waals surface area contributed by atoms with Gasteiger partial charge in [0, 0.05) is 11.6 Å². The molecule has 0 saturated carbocycles. The highest BCUT2D eigenvalue weighted by Gasteiger charge is 2.13. The Labute approximate surface area is 156 Å². The second-order valence-corrected chi connectivity index (χ2v) is 7.06. The second kappa shape index (κ2) is 6.88. The lowest BCUT2D eigenvalue weighted by molar-refractivity contribution is 0.0943. The minimum absolute atomic E-state index is 0.0361. The molecule has 0 bridgehead atoms. The maximum atomic E-state index is 13.0. The highest BCUT2D eigenvalue weighted by atomic mass is 32.1. The molecule has 1 heterocycles. The number of hydrogen-bond donors (Lipinski definition) is 2. The van der Waals surface area contributed by atoms with Crippen LogP contribution in [0.25, 0.3) is 16.6 Å². The summed E-state index contributed by atoms with van der Waals surface area (Å²) in [6.45, 7) is 7.76. The summed E-state index contributed by atoms with van der Waals surface area (Å²) in [7, 11) is 0. The number of nitrogens with zero attached hydrogens (tertiary/aromatic N) is 1. The van der Waals surface area contributed by atoms with Crippen molar-refractivity contribution >= 4 is 29.0 Å².